The largest absolute Gasteiger partial charge is 0.486 e. The molecule has 0 aliphatic heterocycles. The van der Waals surface area contributed by atoms with Crippen LogP contribution in [0.3, 0.4) is 0 Å². The molecule has 0 amide bonds. The molecule has 6 aromatic carbocycles. The van der Waals surface area contributed by atoms with Crippen LogP contribution in [0.2, 0.25) is 17.3 Å². The molecule has 0 fully saturated rings. The first-order valence-corrected chi connectivity index (χ1v) is 32.1. The van der Waals surface area contributed by atoms with Crippen LogP contribution in [0, 0.1) is 25.0 Å². The zero-order valence-electron chi connectivity index (χ0n) is 43.2. The fourth-order valence-electron chi connectivity index (χ4n) is 9.70. The van der Waals surface area contributed by atoms with Crippen LogP contribution in [-0.2, 0) is 31.9 Å². The Kier molecular flexibility index (Phi) is 14.7. The van der Waals surface area contributed by atoms with Gasteiger partial charge < -0.3 is 8.98 Å². The van der Waals surface area contributed by atoms with E-state index in [0.29, 0.717) is 11.6 Å². The summed E-state index contributed by atoms with van der Waals surface area (Å²) in [6.45, 7) is 22.4. The Hall–Kier alpha value is -5.66. The fraction of sp³-hybridized carbons (Fsp3) is 0.286. The van der Waals surface area contributed by atoms with Gasteiger partial charge in [0, 0.05) is 42.3 Å². The number of fused-ring (bicyclic) bond motifs is 5. The van der Waals surface area contributed by atoms with Gasteiger partial charge in [0.1, 0.15) is 0 Å². The maximum atomic E-state index is 6.71. The molecule has 0 atom stereocenters. The van der Waals surface area contributed by atoms with Crippen molar-refractivity contribution in [3.8, 4) is 39.5 Å². The first-order valence-electron chi connectivity index (χ1n) is 24.7. The number of benzene rings is 6. The predicted octanol–water partition coefficient (Wildman–Crippen LogP) is 16.7. The minimum atomic E-state index is -1.86. The van der Waals surface area contributed by atoms with E-state index >= 15 is 0 Å². The fourth-order valence-corrected chi connectivity index (χ4v) is 13.0. The monoisotopic (exact) mass is 1160 g/mol. The third-order valence-corrected chi connectivity index (χ3v) is 17.6. The van der Waals surface area contributed by atoms with Crippen LogP contribution >= 0.6 is 0 Å². The molecule has 0 bridgehead atoms. The van der Waals surface area contributed by atoms with Crippen LogP contribution < -0.4 is 4.40 Å². The summed E-state index contributed by atoms with van der Waals surface area (Å²) in [7, 11) is 0. The number of aromatic nitrogens is 4. The van der Waals surface area contributed by atoms with Crippen molar-refractivity contribution in [3.63, 3.8) is 0 Å². The smallest absolute Gasteiger partial charge is 0.216 e. The van der Waals surface area contributed by atoms with Crippen LogP contribution in [0.5, 0.6) is 0 Å². The molecular formula is C63H66GeIrN4O-2. The van der Waals surface area contributed by atoms with Gasteiger partial charge in [-0.1, -0.05) is 115 Å². The summed E-state index contributed by atoms with van der Waals surface area (Å²) in [4.78, 5) is 15.0. The number of imidazole rings is 1. The maximum absolute atomic E-state index is 6.71. The number of furan rings is 1. The van der Waals surface area contributed by atoms with E-state index in [9.17, 15) is 0 Å². The second-order valence-corrected chi connectivity index (χ2v) is 32.5. The predicted molar refractivity (Wildman–Crippen MR) is 295 cm³/mol. The van der Waals surface area contributed by atoms with Crippen molar-refractivity contribution in [2.24, 2.45) is 5.92 Å². The molecule has 70 heavy (non-hydrogen) atoms. The van der Waals surface area contributed by atoms with Crippen LogP contribution in [0.25, 0.3) is 83.3 Å². The normalized spacial score (nSPS) is 12.1. The van der Waals surface area contributed by atoms with E-state index in [1.807, 2.05) is 18.2 Å². The van der Waals surface area contributed by atoms with Crippen molar-refractivity contribution < 1.29 is 24.5 Å². The molecule has 0 saturated heterocycles. The molecule has 4 heterocycles. The summed E-state index contributed by atoms with van der Waals surface area (Å²) >= 11 is -1.86. The first kappa shape index (κ1) is 50.7. The third-order valence-electron chi connectivity index (χ3n) is 13.3. The van der Waals surface area contributed by atoms with Crippen molar-refractivity contribution in [3.05, 3.63) is 174 Å². The van der Waals surface area contributed by atoms with E-state index in [-0.39, 0.29) is 37.4 Å². The third kappa shape index (κ3) is 10.1. The van der Waals surface area contributed by atoms with Crippen molar-refractivity contribution in [1.29, 1.82) is 0 Å². The van der Waals surface area contributed by atoms with Gasteiger partial charge in [-0.25, -0.2) is 4.98 Å². The van der Waals surface area contributed by atoms with Crippen LogP contribution in [0.4, 0.5) is 0 Å². The van der Waals surface area contributed by atoms with Crippen molar-refractivity contribution in [1.82, 2.24) is 19.5 Å². The molecule has 359 valence electrons. The minimum Gasteiger partial charge on any atom is -0.486 e. The van der Waals surface area contributed by atoms with Gasteiger partial charge in [0.2, 0.25) is 5.71 Å². The summed E-state index contributed by atoms with van der Waals surface area (Å²) in [6, 6.07) is 52.2. The van der Waals surface area contributed by atoms with E-state index in [4.69, 9.17) is 19.4 Å². The number of nitrogens with zero attached hydrogens (tertiary/aromatic N) is 4. The zero-order valence-corrected chi connectivity index (χ0v) is 47.7. The molecule has 1 radical (unpaired) electrons. The molecule has 0 aliphatic rings. The average Bonchev–Trinajstić information content (AvgIpc) is 3.90. The topological polar surface area (TPSA) is 56.7 Å². The molecule has 10 rings (SSSR count). The molecule has 7 heteroatoms. The summed E-state index contributed by atoms with van der Waals surface area (Å²) in [6.07, 6.45) is 3.27. The van der Waals surface area contributed by atoms with Crippen LogP contribution in [-0.4, -0.2) is 32.8 Å². The summed E-state index contributed by atoms with van der Waals surface area (Å²) in [5, 5.41) is 4.58. The molecule has 0 N–H and O–H groups in total. The summed E-state index contributed by atoms with van der Waals surface area (Å²) in [5.41, 5.74) is 16.1. The molecule has 0 saturated carbocycles. The molecule has 0 spiro atoms. The molecular weight excluding hydrogens is 1090 g/mol. The summed E-state index contributed by atoms with van der Waals surface area (Å²) < 4.78 is 10.6. The maximum Gasteiger partial charge on any atom is 0.216 e. The zero-order chi connectivity index (χ0) is 48.9. The molecule has 0 aliphatic carbocycles. The quantitative estimate of drug-likeness (QED) is 0.107. The van der Waals surface area contributed by atoms with Gasteiger partial charge in [-0.3, -0.25) is 4.98 Å². The standard InChI is InChI=1S/C45H42N3O.C18H24GeN.Ir/c1-26(2)35-24-32(31-19-18-29-13-9-10-14-30(29)23-31)25-36(27(3)4)41(35)48-38-16-12-11-15-37(38)46-43(48)34-20-17-28(5)40-33-21-22-39(45(6,7)8)47-44(33)49-42(34)40;1-14(2)11-16-12-18(15-9-7-6-8-10-15)20-13-17(16)19(3,4)5;/h9-19,21-27H,1-8H3;6-9,12-14H,11H2,1-5H3;/q2*-1;. The van der Waals surface area contributed by atoms with E-state index in [2.05, 4.69) is 219 Å². The average molecular weight is 1160 g/mol. The molecule has 5 nitrogen and oxygen atoms in total. The van der Waals surface area contributed by atoms with E-state index < -0.39 is 13.3 Å². The van der Waals surface area contributed by atoms with E-state index in [0.717, 1.165) is 67.7 Å². The summed E-state index contributed by atoms with van der Waals surface area (Å²) in [5.74, 6) is 9.33. The number of pyridine rings is 2. The Bertz CT molecular complexity index is 3470. The Morgan fingerprint density at radius 3 is 2.06 bits per heavy atom. The Morgan fingerprint density at radius 2 is 1.40 bits per heavy atom. The van der Waals surface area contributed by atoms with Crippen molar-refractivity contribution in [2.45, 2.75) is 110 Å². The van der Waals surface area contributed by atoms with Crippen LogP contribution in [0.15, 0.2) is 138 Å². The minimum absolute atomic E-state index is 0. The number of hydrogen-bond acceptors (Lipinski definition) is 4. The van der Waals surface area contributed by atoms with Gasteiger partial charge in [0.15, 0.2) is 0 Å². The van der Waals surface area contributed by atoms with E-state index in [1.165, 1.54) is 44.3 Å². The second-order valence-electron chi connectivity index (χ2n) is 21.9. The number of hydrogen-bond donors (Lipinski definition) is 0. The number of rotatable bonds is 9. The van der Waals surface area contributed by atoms with Gasteiger partial charge in [-0.05, 0) is 87.3 Å². The van der Waals surface area contributed by atoms with Crippen molar-refractivity contribution >= 4 is 61.5 Å². The van der Waals surface area contributed by atoms with Gasteiger partial charge in [-0.2, -0.15) is 0 Å². The number of aryl methyl sites for hydroxylation is 1. The Balaban J connectivity index is 0.000000264. The van der Waals surface area contributed by atoms with Gasteiger partial charge in [0.25, 0.3) is 0 Å². The SMILES string of the molecule is CC(C)Cc1cc(-c2[c-]cccc2)nc[c]1[Ge]([CH3])([CH3])[CH3].Cc1c[c-]c(-c2nc3ccccc3n2-c2c(C(C)C)cc(-c3ccc4ccccc4c3)cc2C(C)C)c2oc3nc(C(C)(C)C)ccc3c12.[Ir]. The Labute approximate surface area is 431 Å². The number of para-hydroxylation sites is 2. The molecule has 10 aromatic rings. The molecule has 0 unspecified atom stereocenters. The van der Waals surface area contributed by atoms with Gasteiger partial charge in [-0.15, -0.1) is 17.7 Å². The van der Waals surface area contributed by atoms with E-state index in [1.54, 1.807) is 4.40 Å². The first-order chi connectivity index (χ1) is 32.9. The van der Waals surface area contributed by atoms with Crippen molar-refractivity contribution in [2.75, 3.05) is 0 Å². The van der Waals surface area contributed by atoms with Crippen LogP contribution in [0.1, 0.15) is 102 Å². The van der Waals surface area contributed by atoms with Gasteiger partial charge >= 0.3 is 126 Å². The second kappa shape index (κ2) is 20.2. The Morgan fingerprint density at radius 1 is 0.714 bits per heavy atom. The molecule has 4 aromatic heterocycles. The van der Waals surface area contributed by atoms with Gasteiger partial charge in [0.05, 0.1) is 22.4 Å².